The maximum atomic E-state index is 12.1. The Balaban J connectivity index is 2.45. The number of aliphatic hydroxyl groups excluding tert-OH is 2. The standard InChI is InChI=1S/C13H17ClO4S/c1-2-19(17,18)12-11(13(12,7-15)8-16)9-4-3-5-10(14)6-9/h3-6,11-12,15-16H,2,7-8H2,1H3/t11-,12-/m1/s1. The third-order valence-electron chi connectivity index (χ3n) is 3.97. The van der Waals surface area contributed by atoms with Crippen molar-refractivity contribution < 1.29 is 18.6 Å². The van der Waals surface area contributed by atoms with Crippen LogP contribution in [0.15, 0.2) is 24.3 Å². The molecule has 1 aliphatic rings. The molecule has 0 heterocycles. The van der Waals surface area contributed by atoms with Crippen molar-refractivity contribution in [3.05, 3.63) is 34.9 Å². The maximum absolute atomic E-state index is 12.1. The summed E-state index contributed by atoms with van der Waals surface area (Å²) in [5.41, 5.74) is -0.239. The van der Waals surface area contributed by atoms with Gasteiger partial charge in [-0.05, 0) is 17.7 Å². The van der Waals surface area contributed by atoms with Crippen molar-refractivity contribution in [3.8, 4) is 0 Å². The molecule has 0 unspecified atom stereocenters. The second kappa shape index (κ2) is 5.05. The summed E-state index contributed by atoms with van der Waals surface area (Å²) in [6, 6.07) is 6.92. The summed E-state index contributed by atoms with van der Waals surface area (Å²) < 4.78 is 24.2. The summed E-state index contributed by atoms with van der Waals surface area (Å²) in [4.78, 5) is 0. The highest BCUT2D eigenvalue weighted by atomic mass is 35.5. The molecule has 106 valence electrons. The molecule has 19 heavy (non-hydrogen) atoms. The number of aliphatic hydroxyl groups is 2. The first-order chi connectivity index (χ1) is 8.93. The summed E-state index contributed by atoms with van der Waals surface area (Å²) in [5.74, 6) is -0.401. The van der Waals surface area contributed by atoms with Gasteiger partial charge in [-0.3, -0.25) is 0 Å². The molecule has 2 N–H and O–H groups in total. The van der Waals surface area contributed by atoms with Crippen molar-refractivity contribution in [2.75, 3.05) is 19.0 Å². The molecule has 1 aliphatic carbocycles. The zero-order chi connectivity index (χ0) is 14.3. The molecule has 0 aliphatic heterocycles. The third-order valence-corrected chi connectivity index (χ3v) is 6.52. The minimum atomic E-state index is -3.33. The number of hydrogen-bond acceptors (Lipinski definition) is 4. The Morgan fingerprint density at radius 2 is 1.95 bits per heavy atom. The van der Waals surface area contributed by atoms with Crippen molar-refractivity contribution in [1.82, 2.24) is 0 Å². The van der Waals surface area contributed by atoms with Gasteiger partial charge in [-0.25, -0.2) is 8.42 Å². The minimum absolute atomic E-state index is 0.00349. The SMILES string of the molecule is CCS(=O)(=O)[C@@H]1[C@@H](c2cccc(Cl)c2)C1(CO)CO. The smallest absolute Gasteiger partial charge is 0.154 e. The minimum Gasteiger partial charge on any atom is -0.396 e. The lowest BCUT2D eigenvalue weighted by atomic mass is 10.0. The fourth-order valence-corrected chi connectivity index (χ4v) is 5.16. The van der Waals surface area contributed by atoms with Gasteiger partial charge in [-0.15, -0.1) is 0 Å². The van der Waals surface area contributed by atoms with E-state index in [0.29, 0.717) is 5.02 Å². The summed E-state index contributed by atoms with van der Waals surface area (Å²) in [6.07, 6.45) is 0. The van der Waals surface area contributed by atoms with Crippen LogP contribution in [0.1, 0.15) is 18.4 Å². The number of rotatable bonds is 5. The number of benzene rings is 1. The lowest BCUT2D eigenvalue weighted by Gasteiger charge is -2.10. The van der Waals surface area contributed by atoms with E-state index < -0.39 is 26.4 Å². The quantitative estimate of drug-likeness (QED) is 0.857. The van der Waals surface area contributed by atoms with Crippen LogP contribution < -0.4 is 0 Å². The highest BCUT2D eigenvalue weighted by Crippen LogP contribution is 2.62. The Bertz CT molecular complexity index is 566. The largest absolute Gasteiger partial charge is 0.396 e. The first-order valence-electron chi connectivity index (χ1n) is 6.11. The van der Waals surface area contributed by atoms with E-state index >= 15 is 0 Å². The molecule has 2 atom stereocenters. The van der Waals surface area contributed by atoms with Crippen molar-refractivity contribution in [2.24, 2.45) is 5.41 Å². The molecule has 0 radical (unpaired) electrons. The zero-order valence-electron chi connectivity index (χ0n) is 10.6. The van der Waals surface area contributed by atoms with Gasteiger partial charge in [0.1, 0.15) is 0 Å². The van der Waals surface area contributed by atoms with Crippen molar-refractivity contribution >= 4 is 21.4 Å². The van der Waals surface area contributed by atoms with Crippen LogP contribution in [0.25, 0.3) is 0 Å². The van der Waals surface area contributed by atoms with Gasteiger partial charge in [0.2, 0.25) is 0 Å². The topological polar surface area (TPSA) is 74.6 Å². The van der Waals surface area contributed by atoms with E-state index in [1.807, 2.05) is 0 Å². The van der Waals surface area contributed by atoms with E-state index in [4.69, 9.17) is 11.6 Å². The molecule has 0 saturated heterocycles. The van der Waals surface area contributed by atoms with Gasteiger partial charge in [0.05, 0.1) is 18.5 Å². The molecule has 4 nitrogen and oxygen atoms in total. The number of sulfone groups is 1. The van der Waals surface area contributed by atoms with E-state index in [-0.39, 0.29) is 19.0 Å². The first-order valence-corrected chi connectivity index (χ1v) is 8.21. The van der Waals surface area contributed by atoms with Crippen molar-refractivity contribution in [3.63, 3.8) is 0 Å². The van der Waals surface area contributed by atoms with Crippen molar-refractivity contribution in [1.29, 1.82) is 0 Å². The average Bonchev–Trinajstić information content (AvgIpc) is 3.09. The zero-order valence-corrected chi connectivity index (χ0v) is 12.2. The normalized spacial score (nSPS) is 25.3. The Labute approximate surface area is 117 Å². The average molecular weight is 305 g/mol. The van der Waals surface area contributed by atoms with Gasteiger partial charge in [-0.2, -0.15) is 0 Å². The molecule has 1 aromatic carbocycles. The lowest BCUT2D eigenvalue weighted by molar-refractivity contribution is 0.130. The predicted octanol–water partition coefficient (Wildman–Crippen LogP) is 1.21. The highest BCUT2D eigenvalue weighted by molar-refractivity contribution is 7.92. The molecule has 1 fully saturated rings. The molecular formula is C13H17ClO4S. The van der Waals surface area contributed by atoms with Crippen LogP contribution in [0.3, 0.4) is 0 Å². The predicted molar refractivity (Wildman–Crippen MR) is 74.0 cm³/mol. The Kier molecular flexibility index (Phi) is 3.93. The van der Waals surface area contributed by atoms with E-state index in [1.165, 1.54) is 0 Å². The van der Waals surface area contributed by atoms with Crippen LogP contribution in [0.5, 0.6) is 0 Å². The van der Waals surface area contributed by atoms with Gasteiger partial charge >= 0.3 is 0 Å². The monoisotopic (exact) mass is 304 g/mol. The summed E-state index contributed by atoms with van der Waals surface area (Å²) in [7, 11) is -3.33. The third kappa shape index (κ3) is 2.29. The summed E-state index contributed by atoms with van der Waals surface area (Å²) >= 11 is 5.92. The second-order valence-electron chi connectivity index (χ2n) is 4.95. The van der Waals surface area contributed by atoms with Crippen LogP contribution in [0, 0.1) is 5.41 Å². The van der Waals surface area contributed by atoms with Gasteiger partial charge in [0, 0.05) is 22.1 Å². The van der Waals surface area contributed by atoms with Gasteiger partial charge in [0.25, 0.3) is 0 Å². The van der Waals surface area contributed by atoms with Crippen LogP contribution >= 0.6 is 11.6 Å². The number of halogens is 1. The number of hydrogen-bond donors (Lipinski definition) is 2. The molecule has 6 heteroatoms. The van der Waals surface area contributed by atoms with E-state index in [1.54, 1.807) is 31.2 Å². The van der Waals surface area contributed by atoms with Gasteiger partial charge in [-0.1, -0.05) is 30.7 Å². The molecule has 0 amide bonds. The summed E-state index contributed by atoms with van der Waals surface area (Å²) in [6.45, 7) is 0.858. The molecule has 0 aromatic heterocycles. The van der Waals surface area contributed by atoms with Gasteiger partial charge < -0.3 is 10.2 Å². The van der Waals surface area contributed by atoms with Crippen LogP contribution in [0.2, 0.25) is 5.02 Å². The summed E-state index contributed by atoms with van der Waals surface area (Å²) in [5, 5.41) is 18.8. The second-order valence-corrected chi connectivity index (χ2v) is 7.80. The van der Waals surface area contributed by atoms with Crippen LogP contribution in [-0.4, -0.2) is 42.8 Å². The highest BCUT2D eigenvalue weighted by Gasteiger charge is 2.69. The fraction of sp³-hybridized carbons (Fsp3) is 0.538. The Morgan fingerprint density at radius 3 is 2.42 bits per heavy atom. The molecule has 1 aromatic rings. The lowest BCUT2D eigenvalue weighted by Crippen LogP contribution is -2.23. The van der Waals surface area contributed by atoms with E-state index in [2.05, 4.69) is 0 Å². The fourth-order valence-electron chi connectivity index (χ4n) is 2.83. The van der Waals surface area contributed by atoms with E-state index in [9.17, 15) is 18.6 Å². The maximum Gasteiger partial charge on any atom is 0.154 e. The van der Waals surface area contributed by atoms with Gasteiger partial charge in [0.15, 0.2) is 9.84 Å². The molecule has 2 rings (SSSR count). The van der Waals surface area contributed by atoms with Crippen LogP contribution in [0.4, 0.5) is 0 Å². The first kappa shape index (κ1) is 14.8. The molecule has 0 bridgehead atoms. The Hall–Kier alpha value is -0.620. The Morgan fingerprint density at radius 1 is 1.32 bits per heavy atom. The van der Waals surface area contributed by atoms with Crippen molar-refractivity contribution in [2.45, 2.75) is 18.1 Å². The van der Waals surface area contributed by atoms with Crippen LogP contribution in [-0.2, 0) is 9.84 Å². The molecule has 0 spiro atoms. The molecule has 1 saturated carbocycles. The molecular weight excluding hydrogens is 288 g/mol. The van der Waals surface area contributed by atoms with E-state index in [0.717, 1.165) is 5.56 Å².